The molecule has 2 aromatic rings. The Balaban J connectivity index is 2.76. The van der Waals surface area contributed by atoms with E-state index in [1.807, 2.05) is 0 Å². The lowest BCUT2D eigenvalue weighted by Crippen LogP contribution is -2.33. The number of fused-ring (bicyclic) bond motifs is 1. The molecule has 7 nitrogen and oxygen atoms in total. The molecule has 1 aromatic carbocycles. The number of hydrogen-bond donors (Lipinski definition) is 0. The number of ether oxygens (including phenoxy) is 2. The highest BCUT2D eigenvalue weighted by Crippen LogP contribution is 2.19. The number of benzene rings is 1. The fourth-order valence-electron chi connectivity index (χ4n) is 1.90. The number of imidazole rings is 1. The Morgan fingerprint density at radius 1 is 1.05 bits per heavy atom. The molecule has 8 heteroatoms. The van der Waals surface area contributed by atoms with Crippen molar-refractivity contribution in [2.45, 2.75) is 13.8 Å². The Morgan fingerprint density at radius 2 is 1.57 bits per heavy atom. The van der Waals surface area contributed by atoms with Crippen LogP contribution >= 0.6 is 11.6 Å². The Bertz CT molecular complexity index is 762. The van der Waals surface area contributed by atoms with Crippen LogP contribution in [0.25, 0.3) is 11.0 Å². The zero-order valence-corrected chi connectivity index (χ0v) is 12.2. The quantitative estimate of drug-likeness (QED) is 0.851. The first kappa shape index (κ1) is 15.1. The largest absolute Gasteiger partial charge is 0.449 e. The number of aromatic nitrogens is 2. The molecule has 21 heavy (non-hydrogen) atoms. The van der Waals surface area contributed by atoms with Crippen LogP contribution in [0.15, 0.2) is 23.0 Å². The first-order valence-corrected chi connectivity index (χ1v) is 6.66. The predicted molar refractivity (Wildman–Crippen MR) is 76.0 cm³/mol. The minimum atomic E-state index is -0.877. The van der Waals surface area contributed by atoms with Crippen LogP contribution in [0.2, 0.25) is 5.02 Å². The fourth-order valence-corrected chi connectivity index (χ4v) is 2.07. The van der Waals surface area contributed by atoms with Crippen molar-refractivity contribution in [1.29, 1.82) is 0 Å². The normalized spacial score (nSPS) is 10.6. The Kier molecular flexibility index (Phi) is 4.32. The van der Waals surface area contributed by atoms with Gasteiger partial charge in [-0.25, -0.2) is 14.4 Å². The number of hydrogen-bond acceptors (Lipinski definition) is 5. The Morgan fingerprint density at radius 3 is 2.10 bits per heavy atom. The predicted octanol–water partition coefficient (Wildman–Crippen LogP) is 2.47. The average Bonchev–Trinajstić information content (AvgIpc) is 2.70. The lowest BCUT2D eigenvalue weighted by Gasteiger charge is -2.01. The molecule has 0 radical (unpaired) electrons. The van der Waals surface area contributed by atoms with Gasteiger partial charge < -0.3 is 9.47 Å². The van der Waals surface area contributed by atoms with Crippen LogP contribution in [0.3, 0.4) is 0 Å². The maximum Gasteiger partial charge on any atom is 0.422 e. The molecular weight excluding hydrogens is 300 g/mol. The van der Waals surface area contributed by atoms with Crippen molar-refractivity contribution in [2.24, 2.45) is 0 Å². The van der Waals surface area contributed by atoms with Crippen molar-refractivity contribution in [3.63, 3.8) is 0 Å². The molecule has 0 amide bonds. The van der Waals surface area contributed by atoms with Gasteiger partial charge in [-0.15, -0.1) is 0 Å². The van der Waals surface area contributed by atoms with Crippen LogP contribution in [0.5, 0.6) is 0 Å². The fraction of sp³-hybridized carbons (Fsp3) is 0.308. The number of carbonyl (C=O) groups is 2. The lowest BCUT2D eigenvalue weighted by atomic mass is 10.3. The summed E-state index contributed by atoms with van der Waals surface area (Å²) in [5, 5.41) is 0.321. The van der Waals surface area contributed by atoms with Crippen LogP contribution in [0.4, 0.5) is 9.59 Å². The summed E-state index contributed by atoms with van der Waals surface area (Å²) in [6, 6.07) is 4.38. The van der Waals surface area contributed by atoms with Crippen LogP contribution in [-0.4, -0.2) is 34.5 Å². The van der Waals surface area contributed by atoms with Crippen molar-refractivity contribution in [2.75, 3.05) is 13.2 Å². The molecule has 1 aromatic heterocycles. The standard InChI is InChI=1S/C13H13ClN2O5/c1-3-20-12(18)15-9-6-5-8(14)7-10(9)16(11(15)17)13(19)21-4-2/h5-7H,3-4H2,1-2H3. The molecule has 0 saturated heterocycles. The third-order valence-corrected chi connectivity index (χ3v) is 2.94. The number of nitrogens with zero attached hydrogens (tertiary/aromatic N) is 2. The first-order valence-electron chi connectivity index (χ1n) is 6.28. The summed E-state index contributed by atoms with van der Waals surface area (Å²) in [4.78, 5) is 36.1. The molecule has 1 heterocycles. The smallest absolute Gasteiger partial charge is 0.422 e. The molecule has 0 saturated carbocycles. The van der Waals surface area contributed by atoms with E-state index in [9.17, 15) is 14.4 Å². The first-order chi connectivity index (χ1) is 10.0. The van der Waals surface area contributed by atoms with Crippen molar-refractivity contribution in [1.82, 2.24) is 9.13 Å². The van der Waals surface area contributed by atoms with E-state index in [1.165, 1.54) is 18.2 Å². The van der Waals surface area contributed by atoms with E-state index in [1.54, 1.807) is 13.8 Å². The molecule has 2 rings (SSSR count). The maximum absolute atomic E-state index is 12.3. The van der Waals surface area contributed by atoms with Gasteiger partial charge >= 0.3 is 17.9 Å². The molecule has 0 bridgehead atoms. The molecule has 0 fully saturated rings. The van der Waals surface area contributed by atoms with E-state index in [0.717, 1.165) is 9.13 Å². The Labute approximate surface area is 124 Å². The monoisotopic (exact) mass is 312 g/mol. The molecule has 0 atom stereocenters. The summed E-state index contributed by atoms with van der Waals surface area (Å²) in [6.07, 6.45) is -1.74. The highest BCUT2D eigenvalue weighted by Gasteiger charge is 2.23. The highest BCUT2D eigenvalue weighted by atomic mass is 35.5. The summed E-state index contributed by atoms with van der Waals surface area (Å²) in [5.41, 5.74) is -0.459. The van der Waals surface area contributed by atoms with Crippen molar-refractivity contribution < 1.29 is 19.1 Å². The number of rotatable bonds is 2. The molecular formula is C13H13ClN2O5. The zero-order valence-electron chi connectivity index (χ0n) is 11.5. The Hall–Kier alpha value is -2.28. The van der Waals surface area contributed by atoms with E-state index < -0.39 is 17.9 Å². The molecule has 0 spiro atoms. The maximum atomic E-state index is 12.3. The van der Waals surface area contributed by atoms with E-state index in [0.29, 0.717) is 5.02 Å². The van der Waals surface area contributed by atoms with Crippen molar-refractivity contribution >= 4 is 34.8 Å². The molecule has 0 aliphatic rings. The molecule has 0 aliphatic carbocycles. The van der Waals surface area contributed by atoms with E-state index in [2.05, 4.69) is 0 Å². The summed E-state index contributed by atoms with van der Waals surface area (Å²) in [5.74, 6) is 0. The van der Waals surface area contributed by atoms with E-state index in [4.69, 9.17) is 21.1 Å². The SMILES string of the molecule is CCOC(=O)n1c(=O)n(C(=O)OCC)c2cc(Cl)ccc21. The van der Waals surface area contributed by atoms with Crippen LogP contribution in [-0.2, 0) is 9.47 Å². The third kappa shape index (κ3) is 2.64. The van der Waals surface area contributed by atoms with Gasteiger partial charge in [0.2, 0.25) is 0 Å². The summed E-state index contributed by atoms with van der Waals surface area (Å²) < 4.78 is 11.2. The summed E-state index contributed by atoms with van der Waals surface area (Å²) >= 11 is 5.88. The minimum Gasteiger partial charge on any atom is -0.449 e. The van der Waals surface area contributed by atoms with Gasteiger partial charge in [-0.1, -0.05) is 11.6 Å². The molecule has 0 N–H and O–H groups in total. The summed E-state index contributed by atoms with van der Waals surface area (Å²) in [7, 11) is 0. The van der Waals surface area contributed by atoms with Gasteiger partial charge in [0.25, 0.3) is 0 Å². The van der Waals surface area contributed by atoms with Gasteiger partial charge in [0.05, 0.1) is 24.2 Å². The van der Waals surface area contributed by atoms with Gasteiger partial charge in [0.1, 0.15) is 0 Å². The van der Waals surface area contributed by atoms with Gasteiger partial charge in [-0.3, -0.25) is 0 Å². The number of halogens is 1. The van der Waals surface area contributed by atoms with Crippen molar-refractivity contribution in [3.8, 4) is 0 Å². The second-order valence-corrected chi connectivity index (χ2v) is 4.42. The molecule has 112 valence electrons. The van der Waals surface area contributed by atoms with Crippen LogP contribution < -0.4 is 5.69 Å². The van der Waals surface area contributed by atoms with Gasteiger partial charge in [-0.2, -0.15) is 9.13 Å². The average molecular weight is 313 g/mol. The molecule has 0 aliphatic heterocycles. The van der Waals surface area contributed by atoms with Gasteiger partial charge in [0, 0.05) is 5.02 Å². The summed E-state index contributed by atoms with van der Waals surface area (Å²) in [6.45, 7) is 3.42. The van der Waals surface area contributed by atoms with Crippen LogP contribution in [0, 0.1) is 0 Å². The van der Waals surface area contributed by atoms with Gasteiger partial charge in [-0.05, 0) is 32.0 Å². The lowest BCUT2D eigenvalue weighted by molar-refractivity contribution is 0.150. The van der Waals surface area contributed by atoms with Crippen molar-refractivity contribution in [3.05, 3.63) is 33.7 Å². The van der Waals surface area contributed by atoms with Crippen LogP contribution in [0.1, 0.15) is 13.8 Å². The van der Waals surface area contributed by atoms with Gasteiger partial charge in [0.15, 0.2) is 0 Å². The third-order valence-electron chi connectivity index (χ3n) is 2.70. The topological polar surface area (TPSA) is 79.5 Å². The van der Waals surface area contributed by atoms with E-state index >= 15 is 0 Å². The zero-order chi connectivity index (χ0) is 15.6. The minimum absolute atomic E-state index is 0.0952. The highest BCUT2D eigenvalue weighted by molar-refractivity contribution is 6.31. The number of carbonyl (C=O) groups excluding carboxylic acids is 2. The molecule has 0 unspecified atom stereocenters. The second kappa shape index (κ2) is 6.01. The van der Waals surface area contributed by atoms with E-state index in [-0.39, 0.29) is 24.2 Å². The second-order valence-electron chi connectivity index (χ2n) is 3.98.